The lowest BCUT2D eigenvalue weighted by molar-refractivity contribution is 0.262. The third-order valence-electron chi connectivity index (χ3n) is 2.09. The van der Waals surface area contributed by atoms with Gasteiger partial charge in [0.15, 0.2) is 0 Å². The van der Waals surface area contributed by atoms with E-state index in [1.165, 1.54) is 30.5 Å². The Morgan fingerprint density at radius 1 is 1.22 bits per heavy atom. The quantitative estimate of drug-likeness (QED) is 0.873. The summed E-state index contributed by atoms with van der Waals surface area (Å²) in [5, 5.41) is 5.27. The van der Waals surface area contributed by atoms with E-state index in [4.69, 9.17) is 11.6 Å². The lowest BCUT2D eigenvalue weighted by Gasteiger charge is -2.07. The van der Waals surface area contributed by atoms with Crippen molar-refractivity contribution in [1.29, 1.82) is 0 Å². The number of hydrogen-bond acceptors (Lipinski definition) is 2. The van der Waals surface area contributed by atoms with Crippen molar-refractivity contribution in [2.45, 2.75) is 0 Å². The highest BCUT2D eigenvalue weighted by atomic mass is 35.5. The molecule has 1 aromatic heterocycles. The number of nitrogens with one attached hydrogen (secondary N) is 2. The average Bonchev–Trinajstić information content (AvgIpc) is 2.32. The number of carbonyl (C=O) groups excluding carboxylic acids is 1. The van der Waals surface area contributed by atoms with Gasteiger partial charge in [0, 0.05) is 11.2 Å². The summed E-state index contributed by atoms with van der Waals surface area (Å²) in [4.78, 5) is 15.5. The molecule has 2 amide bonds. The second-order valence-corrected chi connectivity index (χ2v) is 3.85. The van der Waals surface area contributed by atoms with Gasteiger partial charge in [-0.05, 0) is 24.3 Å². The van der Waals surface area contributed by atoms with Crippen LogP contribution in [-0.4, -0.2) is 11.0 Å². The Kier molecular flexibility index (Phi) is 3.74. The van der Waals surface area contributed by atoms with E-state index in [2.05, 4.69) is 15.6 Å². The molecular formula is C12H9ClFN3O. The molecule has 0 saturated heterocycles. The molecule has 0 spiro atoms. The topological polar surface area (TPSA) is 54.0 Å². The zero-order chi connectivity index (χ0) is 13.0. The van der Waals surface area contributed by atoms with Crippen molar-refractivity contribution in [3.63, 3.8) is 0 Å². The normalized spacial score (nSPS) is 9.89. The fourth-order valence-electron chi connectivity index (χ4n) is 1.31. The van der Waals surface area contributed by atoms with Crippen LogP contribution in [0.5, 0.6) is 0 Å². The zero-order valence-electron chi connectivity index (χ0n) is 9.15. The monoisotopic (exact) mass is 265 g/mol. The van der Waals surface area contributed by atoms with Crippen molar-refractivity contribution >= 4 is 29.1 Å². The molecular weight excluding hydrogens is 257 g/mol. The number of aromatic nitrogens is 1. The largest absolute Gasteiger partial charge is 0.324 e. The Bertz CT molecular complexity index is 577. The maximum atomic E-state index is 13.3. The molecule has 0 aliphatic rings. The molecule has 0 radical (unpaired) electrons. The molecule has 6 heteroatoms. The van der Waals surface area contributed by atoms with E-state index in [0.29, 0.717) is 5.02 Å². The average molecular weight is 266 g/mol. The van der Waals surface area contributed by atoms with E-state index >= 15 is 0 Å². The van der Waals surface area contributed by atoms with Gasteiger partial charge in [0.1, 0.15) is 11.6 Å². The van der Waals surface area contributed by atoms with Gasteiger partial charge >= 0.3 is 6.03 Å². The van der Waals surface area contributed by atoms with Crippen LogP contribution in [0.1, 0.15) is 0 Å². The van der Waals surface area contributed by atoms with E-state index in [1.54, 1.807) is 12.1 Å². The van der Waals surface area contributed by atoms with E-state index < -0.39 is 11.8 Å². The van der Waals surface area contributed by atoms with Crippen LogP contribution in [0.3, 0.4) is 0 Å². The molecule has 0 aliphatic heterocycles. The molecule has 92 valence electrons. The van der Waals surface area contributed by atoms with Gasteiger partial charge in [0.25, 0.3) is 0 Å². The molecule has 18 heavy (non-hydrogen) atoms. The fourth-order valence-corrected chi connectivity index (χ4v) is 1.47. The number of benzene rings is 1. The molecule has 2 aromatic rings. The lowest BCUT2D eigenvalue weighted by Crippen LogP contribution is -2.20. The van der Waals surface area contributed by atoms with Crippen LogP contribution < -0.4 is 10.6 Å². The van der Waals surface area contributed by atoms with Crippen molar-refractivity contribution in [2.75, 3.05) is 10.6 Å². The summed E-state index contributed by atoms with van der Waals surface area (Å²) in [6.45, 7) is 0. The molecule has 0 unspecified atom stereocenters. The zero-order valence-corrected chi connectivity index (χ0v) is 9.91. The van der Waals surface area contributed by atoms with Crippen LogP contribution in [-0.2, 0) is 0 Å². The fraction of sp³-hybridized carbons (Fsp3) is 0. The van der Waals surface area contributed by atoms with Crippen molar-refractivity contribution < 1.29 is 9.18 Å². The first-order valence-corrected chi connectivity index (χ1v) is 5.47. The van der Waals surface area contributed by atoms with Crippen LogP contribution in [0.25, 0.3) is 0 Å². The Hall–Kier alpha value is -2.14. The standard InChI is InChI=1S/C12H9ClFN3O/c13-8-5-6-15-11(7-8)17-12(18)16-10-4-2-1-3-9(10)14/h1-7H,(H2,15,16,17,18). The lowest BCUT2D eigenvalue weighted by atomic mass is 10.3. The first-order chi connectivity index (χ1) is 8.65. The number of pyridine rings is 1. The Morgan fingerprint density at radius 3 is 2.72 bits per heavy atom. The number of halogens is 2. The predicted molar refractivity (Wildman–Crippen MR) is 68.3 cm³/mol. The number of anilines is 2. The number of nitrogens with zero attached hydrogens (tertiary/aromatic N) is 1. The molecule has 0 saturated carbocycles. The van der Waals surface area contributed by atoms with Crippen molar-refractivity contribution in [3.05, 3.63) is 53.4 Å². The molecule has 0 aliphatic carbocycles. The third kappa shape index (κ3) is 3.18. The molecule has 1 heterocycles. The molecule has 0 bridgehead atoms. The second-order valence-electron chi connectivity index (χ2n) is 3.42. The first kappa shape index (κ1) is 12.3. The summed E-state index contributed by atoms with van der Waals surface area (Å²) >= 11 is 5.74. The molecule has 1 aromatic carbocycles. The molecule has 4 nitrogen and oxygen atoms in total. The predicted octanol–water partition coefficient (Wildman–Crippen LogP) is 3.52. The summed E-state index contributed by atoms with van der Waals surface area (Å²) in [6.07, 6.45) is 1.46. The molecule has 0 fully saturated rings. The highest BCUT2D eigenvalue weighted by Crippen LogP contribution is 2.14. The van der Waals surface area contributed by atoms with Crippen molar-refractivity contribution in [2.24, 2.45) is 0 Å². The summed E-state index contributed by atoms with van der Waals surface area (Å²) in [5.74, 6) is -0.219. The van der Waals surface area contributed by atoms with E-state index in [1.807, 2.05) is 0 Å². The van der Waals surface area contributed by atoms with E-state index in [0.717, 1.165) is 0 Å². The molecule has 0 atom stereocenters. The van der Waals surface area contributed by atoms with Crippen LogP contribution in [0.15, 0.2) is 42.6 Å². The van der Waals surface area contributed by atoms with Gasteiger partial charge in [-0.1, -0.05) is 23.7 Å². The van der Waals surface area contributed by atoms with Crippen LogP contribution in [0.2, 0.25) is 5.02 Å². The van der Waals surface area contributed by atoms with Crippen LogP contribution >= 0.6 is 11.6 Å². The maximum absolute atomic E-state index is 13.3. The second kappa shape index (κ2) is 5.46. The van der Waals surface area contributed by atoms with Gasteiger partial charge in [0.05, 0.1) is 5.69 Å². The maximum Gasteiger partial charge on any atom is 0.324 e. The number of carbonyl (C=O) groups is 1. The molecule has 2 N–H and O–H groups in total. The van der Waals surface area contributed by atoms with Crippen LogP contribution in [0, 0.1) is 5.82 Å². The number of urea groups is 1. The Morgan fingerprint density at radius 2 is 2.00 bits per heavy atom. The van der Waals surface area contributed by atoms with Crippen molar-refractivity contribution in [1.82, 2.24) is 4.98 Å². The number of hydrogen-bond donors (Lipinski definition) is 2. The van der Waals surface area contributed by atoms with Gasteiger partial charge < -0.3 is 5.32 Å². The minimum atomic E-state index is -0.588. The molecule has 2 rings (SSSR count). The highest BCUT2D eigenvalue weighted by molar-refractivity contribution is 6.30. The van der Waals surface area contributed by atoms with Crippen molar-refractivity contribution in [3.8, 4) is 0 Å². The van der Waals surface area contributed by atoms with Crippen LogP contribution in [0.4, 0.5) is 20.7 Å². The van der Waals surface area contributed by atoms with Gasteiger partial charge in [-0.3, -0.25) is 5.32 Å². The van der Waals surface area contributed by atoms with Gasteiger partial charge in [-0.25, -0.2) is 14.2 Å². The van der Waals surface area contributed by atoms with Gasteiger partial charge in [0.2, 0.25) is 0 Å². The Balaban J connectivity index is 2.03. The minimum Gasteiger partial charge on any atom is -0.305 e. The van der Waals surface area contributed by atoms with Gasteiger partial charge in [-0.15, -0.1) is 0 Å². The summed E-state index contributed by atoms with van der Waals surface area (Å²) in [5.41, 5.74) is 0.0945. The number of amides is 2. The summed E-state index contributed by atoms with van der Waals surface area (Å²) in [6, 6.07) is 8.36. The van der Waals surface area contributed by atoms with E-state index in [-0.39, 0.29) is 11.5 Å². The smallest absolute Gasteiger partial charge is 0.305 e. The van der Waals surface area contributed by atoms with E-state index in [9.17, 15) is 9.18 Å². The SMILES string of the molecule is O=C(Nc1cc(Cl)ccn1)Nc1ccccc1F. The Labute approximate surface area is 108 Å². The van der Waals surface area contributed by atoms with Gasteiger partial charge in [-0.2, -0.15) is 0 Å². The minimum absolute atomic E-state index is 0.0945. The third-order valence-corrected chi connectivity index (χ3v) is 2.32. The summed E-state index contributed by atoms with van der Waals surface area (Å²) in [7, 11) is 0. The summed E-state index contributed by atoms with van der Waals surface area (Å²) < 4.78 is 13.3. The first-order valence-electron chi connectivity index (χ1n) is 5.09. The number of para-hydroxylation sites is 1. The number of rotatable bonds is 2. The highest BCUT2D eigenvalue weighted by Gasteiger charge is 2.06.